The zero-order valence-electron chi connectivity index (χ0n) is 24.1. The van der Waals surface area contributed by atoms with Crippen molar-refractivity contribution in [1.29, 1.82) is 0 Å². The number of ether oxygens (including phenoxy) is 3. The van der Waals surface area contributed by atoms with Crippen LogP contribution in [0, 0.1) is 6.92 Å². The number of phenolic OH excluding ortho intramolecular Hbond substituents is 1. The number of carbonyl (C=O) groups excluding carboxylic acids is 2. The number of hydrogen-bond acceptors (Lipinski definition) is 7. The van der Waals surface area contributed by atoms with Gasteiger partial charge < -0.3 is 30.0 Å². The Bertz CT molecular complexity index is 1640. The minimum absolute atomic E-state index is 0.0628. The average Bonchev–Trinajstić information content (AvgIpc) is 2.98. The van der Waals surface area contributed by atoms with Crippen molar-refractivity contribution in [3.63, 3.8) is 0 Å². The molecule has 2 aliphatic rings. The molecule has 9 heteroatoms. The molecule has 1 amide bonds. The number of hydrogen-bond donors (Lipinski definition) is 3. The number of carbonyl (C=O) groups is 2. The normalized spacial score (nSPS) is 18.3. The fourth-order valence-corrected chi connectivity index (χ4v) is 6.05. The van der Waals surface area contributed by atoms with Gasteiger partial charge in [-0.2, -0.15) is 0 Å². The van der Waals surface area contributed by atoms with E-state index in [9.17, 15) is 14.7 Å². The lowest BCUT2D eigenvalue weighted by Crippen LogP contribution is -2.37. The highest BCUT2D eigenvalue weighted by Crippen LogP contribution is 2.48. The number of benzene rings is 3. The first-order valence-corrected chi connectivity index (χ1v) is 13.9. The van der Waals surface area contributed by atoms with Crippen LogP contribution < -0.4 is 24.8 Å². The molecule has 2 atom stereocenters. The van der Waals surface area contributed by atoms with Gasteiger partial charge in [0.1, 0.15) is 0 Å². The number of allylic oxidation sites excluding steroid dienone is 3. The van der Waals surface area contributed by atoms with Gasteiger partial charge >= 0.3 is 0 Å². The third kappa shape index (κ3) is 5.30. The Morgan fingerprint density at radius 1 is 0.929 bits per heavy atom. The topological polar surface area (TPSA) is 106 Å². The second-order valence-electron chi connectivity index (χ2n) is 10.5. The minimum atomic E-state index is -0.740. The molecule has 0 saturated heterocycles. The maximum absolute atomic E-state index is 14.0. The summed E-state index contributed by atoms with van der Waals surface area (Å²) in [4.78, 5) is 28.0. The van der Waals surface area contributed by atoms with Crippen molar-refractivity contribution < 1.29 is 28.9 Å². The van der Waals surface area contributed by atoms with Gasteiger partial charge in [0.25, 0.3) is 5.91 Å². The van der Waals surface area contributed by atoms with E-state index in [1.807, 2.05) is 56.3 Å². The van der Waals surface area contributed by atoms with Gasteiger partial charge in [-0.25, -0.2) is 0 Å². The van der Waals surface area contributed by atoms with Crippen LogP contribution >= 0.6 is 11.6 Å². The number of para-hydroxylation sites is 1. The van der Waals surface area contributed by atoms with Crippen LogP contribution in [0.5, 0.6) is 23.0 Å². The number of dihydropyridines is 1. The molecule has 1 aliphatic heterocycles. The summed E-state index contributed by atoms with van der Waals surface area (Å²) in [6.45, 7) is 3.74. The van der Waals surface area contributed by atoms with Gasteiger partial charge in [-0.05, 0) is 73.2 Å². The molecular weight excluding hydrogens is 556 g/mol. The van der Waals surface area contributed by atoms with Crippen LogP contribution in [0.3, 0.4) is 0 Å². The van der Waals surface area contributed by atoms with Crippen LogP contribution in [0.1, 0.15) is 48.3 Å². The smallest absolute Gasteiger partial charge is 0.254 e. The molecule has 3 aromatic rings. The first kappa shape index (κ1) is 29.1. The Hall–Kier alpha value is -4.43. The summed E-state index contributed by atoms with van der Waals surface area (Å²) in [5, 5.41) is 16.9. The molecule has 1 aliphatic carbocycles. The van der Waals surface area contributed by atoms with Gasteiger partial charge in [0.05, 0.1) is 26.4 Å². The molecule has 1 heterocycles. The summed E-state index contributed by atoms with van der Waals surface area (Å²) in [6.07, 6.45) is 0.779. The van der Waals surface area contributed by atoms with E-state index in [2.05, 4.69) is 10.6 Å². The second kappa shape index (κ2) is 11.8. The maximum atomic E-state index is 14.0. The SMILES string of the molecule is COc1ccc([C@H]2CC(=O)C3=C(C2)NC(C)=C(C(=O)Nc2ccccc2C)[C@H]3c2cc(Cl)c(O)c(OC)c2)cc1OC. The molecule has 0 fully saturated rings. The first-order chi connectivity index (χ1) is 20.2. The molecular formula is C33H33ClN2O6. The number of rotatable bonds is 7. The van der Waals surface area contributed by atoms with E-state index in [4.69, 9.17) is 25.8 Å². The highest BCUT2D eigenvalue weighted by Gasteiger charge is 2.41. The summed E-state index contributed by atoms with van der Waals surface area (Å²) >= 11 is 6.41. The molecule has 0 bridgehead atoms. The van der Waals surface area contributed by atoms with E-state index in [0.717, 1.165) is 16.8 Å². The summed E-state index contributed by atoms with van der Waals surface area (Å²) in [6, 6.07) is 16.4. The Morgan fingerprint density at radius 2 is 1.62 bits per heavy atom. The summed E-state index contributed by atoms with van der Waals surface area (Å²) in [5.74, 6) is -0.140. The van der Waals surface area contributed by atoms with Crippen molar-refractivity contribution in [1.82, 2.24) is 5.32 Å². The third-order valence-corrected chi connectivity index (χ3v) is 8.24. The van der Waals surface area contributed by atoms with Crippen molar-refractivity contribution in [2.24, 2.45) is 0 Å². The number of aromatic hydroxyl groups is 1. The lowest BCUT2D eigenvalue weighted by molar-refractivity contribution is -0.116. The molecule has 3 N–H and O–H groups in total. The largest absolute Gasteiger partial charge is 0.503 e. The molecule has 0 saturated carbocycles. The number of aryl methyl sites for hydroxylation is 1. The van der Waals surface area contributed by atoms with E-state index in [0.29, 0.717) is 46.0 Å². The quantitative estimate of drug-likeness (QED) is 0.294. The van der Waals surface area contributed by atoms with Gasteiger partial charge in [-0.3, -0.25) is 9.59 Å². The molecule has 218 valence electrons. The van der Waals surface area contributed by atoms with Gasteiger partial charge in [-0.15, -0.1) is 0 Å². The number of methoxy groups -OCH3 is 3. The number of Topliss-reactive ketones (excluding diaryl/α,β-unsaturated/α-hetero) is 1. The maximum Gasteiger partial charge on any atom is 0.254 e. The number of nitrogens with one attached hydrogen (secondary N) is 2. The minimum Gasteiger partial charge on any atom is -0.503 e. The van der Waals surface area contributed by atoms with E-state index < -0.39 is 5.92 Å². The number of halogens is 1. The van der Waals surface area contributed by atoms with Gasteiger partial charge in [-0.1, -0.05) is 35.9 Å². The molecule has 0 spiro atoms. The van der Waals surface area contributed by atoms with Gasteiger partial charge in [0.2, 0.25) is 0 Å². The Labute approximate surface area is 249 Å². The first-order valence-electron chi connectivity index (χ1n) is 13.6. The second-order valence-corrected chi connectivity index (χ2v) is 10.9. The van der Waals surface area contributed by atoms with Crippen molar-refractivity contribution in [3.8, 4) is 23.0 Å². The van der Waals surface area contributed by atoms with Crippen molar-refractivity contribution in [3.05, 3.63) is 98.9 Å². The Balaban J connectivity index is 1.61. The summed E-state index contributed by atoms with van der Waals surface area (Å²) in [7, 11) is 4.59. The highest BCUT2D eigenvalue weighted by molar-refractivity contribution is 6.32. The van der Waals surface area contributed by atoms with Gasteiger partial charge in [0.15, 0.2) is 28.8 Å². The summed E-state index contributed by atoms with van der Waals surface area (Å²) < 4.78 is 16.3. The summed E-state index contributed by atoms with van der Waals surface area (Å²) in [5.41, 5.74) is 5.34. The van der Waals surface area contributed by atoms with Crippen LogP contribution in [-0.4, -0.2) is 38.1 Å². The van der Waals surface area contributed by atoms with Crippen LogP contribution in [-0.2, 0) is 9.59 Å². The fraction of sp³-hybridized carbons (Fsp3) is 0.273. The predicted octanol–water partition coefficient (Wildman–Crippen LogP) is 6.38. The number of phenols is 1. The third-order valence-electron chi connectivity index (χ3n) is 7.95. The van der Waals surface area contributed by atoms with E-state index in [1.165, 1.54) is 7.11 Å². The van der Waals surface area contributed by atoms with Crippen molar-refractivity contribution in [2.45, 2.75) is 38.5 Å². The van der Waals surface area contributed by atoms with E-state index in [1.54, 1.807) is 26.4 Å². The molecule has 8 nitrogen and oxygen atoms in total. The lowest BCUT2D eigenvalue weighted by Gasteiger charge is -2.37. The van der Waals surface area contributed by atoms with Crippen molar-refractivity contribution >= 4 is 29.0 Å². The zero-order chi connectivity index (χ0) is 30.1. The van der Waals surface area contributed by atoms with Crippen LogP contribution in [0.4, 0.5) is 5.69 Å². The van der Waals surface area contributed by atoms with E-state index in [-0.39, 0.29) is 40.6 Å². The van der Waals surface area contributed by atoms with Crippen LogP contribution in [0.25, 0.3) is 0 Å². The predicted molar refractivity (Wildman–Crippen MR) is 162 cm³/mol. The lowest BCUT2D eigenvalue weighted by atomic mass is 9.71. The van der Waals surface area contributed by atoms with Gasteiger partial charge in [0, 0.05) is 40.6 Å². The number of anilines is 1. The van der Waals surface area contributed by atoms with Crippen LogP contribution in [0.2, 0.25) is 5.02 Å². The Kier molecular flexibility index (Phi) is 8.18. The zero-order valence-corrected chi connectivity index (χ0v) is 24.9. The molecule has 0 aromatic heterocycles. The average molecular weight is 589 g/mol. The molecule has 0 radical (unpaired) electrons. The monoisotopic (exact) mass is 588 g/mol. The molecule has 42 heavy (non-hydrogen) atoms. The highest BCUT2D eigenvalue weighted by atomic mass is 35.5. The molecule has 5 rings (SSSR count). The Morgan fingerprint density at radius 3 is 2.31 bits per heavy atom. The molecule has 3 aromatic carbocycles. The standard InChI is InChI=1S/C33H33ClN2O6/c1-17-8-6-7-9-23(17)36-33(39)29-18(2)35-24-13-20(19-10-11-26(40-3)27(15-19)41-4)14-25(37)31(24)30(29)21-12-22(34)32(38)28(16-21)42-5/h6-12,15-16,20,30,35,38H,13-14H2,1-5H3,(H,36,39)/t20-,30-/m1/s1. The van der Waals surface area contributed by atoms with Crippen LogP contribution in [0.15, 0.2) is 77.1 Å². The number of ketones is 1. The van der Waals surface area contributed by atoms with E-state index >= 15 is 0 Å². The molecule has 0 unspecified atom stereocenters. The fourth-order valence-electron chi connectivity index (χ4n) is 5.83. The number of amides is 1. The van der Waals surface area contributed by atoms with Crippen molar-refractivity contribution in [2.75, 3.05) is 26.6 Å².